The van der Waals surface area contributed by atoms with Crippen molar-refractivity contribution < 1.29 is 47.7 Å². The molecule has 4 aromatic rings. The Morgan fingerprint density at radius 1 is 0.507 bits per heavy atom. The Balaban J connectivity index is 1.54. The fraction of sp³-hybridized carbons (Fsp3) is 0.500. The molecular formula is C52H73N7O10. The molecule has 0 aliphatic rings. The van der Waals surface area contributed by atoms with Crippen LogP contribution in [0.1, 0.15) is 111 Å². The van der Waals surface area contributed by atoms with Gasteiger partial charge in [-0.25, -0.2) is 14.4 Å². The fourth-order valence-corrected chi connectivity index (χ4v) is 6.97. The van der Waals surface area contributed by atoms with Crippen LogP contribution in [-0.4, -0.2) is 95.5 Å². The molecule has 1 heterocycles. The molecule has 0 aliphatic heterocycles. The molecule has 0 aliphatic carbocycles. The number of ether oxygens (including phenoxy) is 4. The molecular weight excluding hydrogens is 883 g/mol. The van der Waals surface area contributed by atoms with Crippen LogP contribution in [0.15, 0.2) is 85.1 Å². The lowest BCUT2D eigenvalue weighted by Gasteiger charge is -2.27. The number of alkyl carbamates (subject to hydrolysis) is 3. The number of nitrogens with one attached hydrogen (secondary N) is 7. The molecule has 69 heavy (non-hydrogen) atoms. The molecule has 3 atom stereocenters. The van der Waals surface area contributed by atoms with Gasteiger partial charge in [0.05, 0.1) is 0 Å². The lowest BCUT2D eigenvalue weighted by Crippen LogP contribution is -2.57. The number of benzene rings is 3. The summed E-state index contributed by atoms with van der Waals surface area (Å²) < 4.78 is 22.1. The van der Waals surface area contributed by atoms with Crippen molar-refractivity contribution in [2.24, 2.45) is 0 Å². The molecule has 0 bridgehead atoms. The second-order valence-electron chi connectivity index (χ2n) is 19.9. The van der Waals surface area contributed by atoms with Gasteiger partial charge in [-0.1, -0.05) is 60.7 Å². The molecule has 0 fully saturated rings. The number of carbonyl (C=O) groups excluding carboxylic acids is 6. The minimum Gasteiger partial charge on any atom is -0.489 e. The third kappa shape index (κ3) is 21.4. The number of hydrogen-bond donors (Lipinski definition) is 7. The number of aromatic amines is 1. The summed E-state index contributed by atoms with van der Waals surface area (Å²) in [7, 11) is 0. The minimum atomic E-state index is -1.19. The monoisotopic (exact) mass is 956 g/mol. The van der Waals surface area contributed by atoms with Gasteiger partial charge in [-0.3, -0.25) is 14.4 Å². The number of unbranched alkanes of at least 4 members (excludes halogenated alkanes) is 2. The molecule has 6 amide bonds. The van der Waals surface area contributed by atoms with Gasteiger partial charge in [-0.15, -0.1) is 0 Å². The van der Waals surface area contributed by atoms with E-state index in [2.05, 4.69) is 36.9 Å². The molecule has 376 valence electrons. The van der Waals surface area contributed by atoms with Crippen LogP contribution < -0.4 is 36.6 Å². The van der Waals surface area contributed by atoms with Crippen LogP contribution in [0.4, 0.5) is 14.4 Å². The predicted molar refractivity (Wildman–Crippen MR) is 265 cm³/mol. The molecule has 0 spiro atoms. The quantitative estimate of drug-likeness (QED) is 0.0286. The minimum absolute atomic E-state index is 0.0388. The maximum Gasteiger partial charge on any atom is 0.408 e. The summed E-state index contributed by atoms with van der Waals surface area (Å²) in [6.45, 7) is 17.0. The topological polar surface area (TPSA) is 227 Å². The zero-order chi connectivity index (χ0) is 50.6. The van der Waals surface area contributed by atoms with Gasteiger partial charge in [0, 0.05) is 49.6 Å². The molecule has 1 aromatic heterocycles. The third-order valence-corrected chi connectivity index (χ3v) is 10.1. The van der Waals surface area contributed by atoms with E-state index in [0.29, 0.717) is 50.1 Å². The number of hydrogen-bond acceptors (Lipinski definition) is 10. The van der Waals surface area contributed by atoms with E-state index in [0.717, 1.165) is 22.0 Å². The van der Waals surface area contributed by atoms with Gasteiger partial charge in [-0.2, -0.15) is 0 Å². The summed E-state index contributed by atoms with van der Waals surface area (Å²) in [6.07, 6.45) is 2.03. The molecule has 4 rings (SSSR count). The molecule has 3 aromatic carbocycles. The Bertz CT molecular complexity index is 2280. The van der Waals surface area contributed by atoms with E-state index in [1.54, 1.807) is 92.8 Å². The van der Waals surface area contributed by atoms with Gasteiger partial charge in [-0.05, 0) is 129 Å². The first-order valence-electron chi connectivity index (χ1n) is 23.7. The highest BCUT2D eigenvalue weighted by molar-refractivity contribution is 5.94. The van der Waals surface area contributed by atoms with E-state index in [1.165, 1.54) is 0 Å². The van der Waals surface area contributed by atoms with Crippen LogP contribution >= 0.6 is 0 Å². The van der Waals surface area contributed by atoms with E-state index in [9.17, 15) is 28.8 Å². The van der Waals surface area contributed by atoms with E-state index in [4.69, 9.17) is 18.9 Å². The summed E-state index contributed by atoms with van der Waals surface area (Å²) in [4.78, 5) is 83.8. The van der Waals surface area contributed by atoms with Gasteiger partial charge in [0.1, 0.15) is 47.3 Å². The number of aromatic nitrogens is 1. The van der Waals surface area contributed by atoms with Gasteiger partial charge >= 0.3 is 18.3 Å². The van der Waals surface area contributed by atoms with E-state index < -0.39 is 70.9 Å². The van der Waals surface area contributed by atoms with Crippen LogP contribution in [0, 0.1) is 0 Å². The molecule has 0 radical (unpaired) electrons. The summed E-state index contributed by atoms with van der Waals surface area (Å²) in [5, 5.41) is 17.7. The zero-order valence-corrected chi connectivity index (χ0v) is 41.7. The van der Waals surface area contributed by atoms with Gasteiger partial charge in [0.15, 0.2) is 0 Å². The number of rotatable bonds is 23. The first-order valence-corrected chi connectivity index (χ1v) is 23.7. The maximum atomic E-state index is 14.5. The van der Waals surface area contributed by atoms with Crippen molar-refractivity contribution in [3.8, 4) is 5.75 Å². The predicted octanol–water partition coefficient (Wildman–Crippen LogP) is 7.51. The lowest BCUT2D eigenvalue weighted by molar-refractivity contribution is -0.132. The Morgan fingerprint density at radius 3 is 1.62 bits per heavy atom. The van der Waals surface area contributed by atoms with E-state index >= 15 is 0 Å². The second-order valence-corrected chi connectivity index (χ2v) is 19.9. The molecule has 17 nitrogen and oxygen atoms in total. The molecule has 0 unspecified atom stereocenters. The van der Waals surface area contributed by atoms with Crippen molar-refractivity contribution in [2.75, 3.05) is 19.6 Å². The highest BCUT2D eigenvalue weighted by atomic mass is 16.6. The van der Waals surface area contributed by atoms with Crippen molar-refractivity contribution in [1.82, 2.24) is 36.9 Å². The summed E-state index contributed by atoms with van der Waals surface area (Å²) in [5.74, 6) is -1.11. The van der Waals surface area contributed by atoms with E-state index in [-0.39, 0.29) is 32.4 Å². The molecule has 0 saturated carbocycles. The summed E-state index contributed by atoms with van der Waals surface area (Å²) in [5.41, 5.74) is 1.17. The number of amides is 6. The van der Waals surface area contributed by atoms with Crippen molar-refractivity contribution in [1.29, 1.82) is 0 Å². The normalized spacial score (nSPS) is 12.9. The lowest BCUT2D eigenvalue weighted by atomic mass is 10.0. The fourth-order valence-electron chi connectivity index (χ4n) is 6.97. The van der Waals surface area contributed by atoms with Crippen LogP contribution in [-0.2, 0) is 48.0 Å². The third-order valence-electron chi connectivity index (χ3n) is 10.1. The zero-order valence-electron chi connectivity index (χ0n) is 41.7. The highest BCUT2D eigenvalue weighted by Crippen LogP contribution is 2.20. The largest absolute Gasteiger partial charge is 0.489 e. The van der Waals surface area contributed by atoms with Gasteiger partial charge < -0.3 is 55.8 Å². The standard InChI is InChI=1S/C52H73N7O10/c1-50(2,3)67-47(63)54-29-16-15-23-41(57-46(62)42(59-49(65)69-52(7,8)9)31-35-24-26-38(27-25-35)66-34-36-19-11-10-12-20-36)45(61)58-43(32-37-33-56-40-22-14-13-21-39(37)40)44(60)53-28-17-18-30-55-48(64)68-51(4,5)6/h10-14,19-22,24-27,33,41-43,56H,15-18,23,28-32,34H2,1-9H3,(H,53,60)(H,54,63)(H,55,64)(H,57,62)(H,58,61)(H,59,65)/t41-,42-,43-/m0/s1. The summed E-state index contributed by atoms with van der Waals surface area (Å²) in [6, 6.07) is 21.1. The average molecular weight is 956 g/mol. The van der Waals surface area contributed by atoms with Crippen molar-refractivity contribution in [2.45, 2.75) is 149 Å². The Hall–Kier alpha value is -6.78. The summed E-state index contributed by atoms with van der Waals surface area (Å²) >= 11 is 0. The van der Waals surface area contributed by atoms with Gasteiger partial charge in [0.2, 0.25) is 17.7 Å². The van der Waals surface area contributed by atoms with Crippen molar-refractivity contribution >= 4 is 46.9 Å². The van der Waals surface area contributed by atoms with Crippen LogP contribution in [0.25, 0.3) is 10.9 Å². The molecule has 0 saturated heterocycles. The van der Waals surface area contributed by atoms with Crippen molar-refractivity contribution in [3.63, 3.8) is 0 Å². The number of carbonyl (C=O) groups is 6. The SMILES string of the molecule is CC(C)(C)OC(=O)NCCCCNC(=O)[C@H](Cc1c[nH]c2ccccc12)NC(=O)[C@H](CCCCNC(=O)OC(C)(C)C)NC(=O)[C@H](Cc1ccc(OCc2ccccc2)cc1)NC(=O)OC(C)(C)C. The van der Waals surface area contributed by atoms with Crippen LogP contribution in [0.5, 0.6) is 5.75 Å². The second kappa shape index (κ2) is 26.1. The first-order chi connectivity index (χ1) is 32.5. The number of fused-ring (bicyclic) bond motifs is 1. The highest BCUT2D eigenvalue weighted by Gasteiger charge is 2.31. The average Bonchev–Trinajstić information content (AvgIpc) is 3.67. The Labute approximate surface area is 406 Å². The molecule has 17 heteroatoms. The van der Waals surface area contributed by atoms with Crippen LogP contribution in [0.3, 0.4) is 0 Å². The van der Waals surface area contributed by atoms with Crippen molar-refractivity contribution in [3.05, 3.63) is 102 Å². The Morgan fingerprint density at radius 2 is 1.01 bits per heavy atom. The number of para-hydroxylation sites is 1. The van der Waals surface area contributed by atoms with Gasteiger partial charge in [0.25, 0.3) is 0 Å². The first kappa shape index (κ1) is 54.8. The van der Waals surface area contributed by atoms with Crippen LogP contribution in [0.2, 0.25) is 0 Å². The maximum absolute atomic E-state index is 14.5. The van der Waals surface area contributed by atoms with E-state index in [1.807, 2.05) is 54.6 Å². The Kier molecular flexibility index (Phi) is 20.7. The molecule has 7 N–H and O–H groups in total. The smallest absolute Gasteiger partial charge is 0.408 e. The number of H-pyrrole nitrogens is 1.